The van der Waals surface area contributed by atoms with Crippen LogP contribution in [-0.4, -0.2) is 41.6 Å². The van der Waals surface area contributed by atoms with Gasteiger partial charge in [-0.25, -0.2) is 0 Å². The third kappa shape index (κ3) is 4.93. The van der Waals surface area contributed by atoms with Crippen molar-refractivity contribution in [3.63, 3.8) is 0 Å². The van der Waals surface area contributed by atoms with Crippen LogP contribution in [0.15, 0.2) is 24.3 Å². The maximum absolute atomic E-state index is 12.0. The molecule has 1 aliphatic rings. The Morgan fingerprint density at radius 1 is 1.43 bits per heavy atom. The highest BCUT2D eigenvalue weighted by Gasteiger charge is 2.26. The number of aliphatic carboxylic acids is 1. The Bertz CT molecular complexity index is 520. The van der Waals surface area contributed by atoms with Crippen LogP contribution in [0.2, 0.25) is 5.02 Å². The molecule has 0 aliphatic carbocycles. The Hall–Kier alpha value is -1.75. The number of ether oxygens (including phenoxy) is 1. The largest absolute Gasteiger partial charge is 0.484 e. The lowest BCUT2D eigenvalue weighted by atomic mass is 10.0. The monoisotopic (exact) mass is 311 g/mol. The normalized spacial score (nSPS) is 17.8. The van der Waals surface area contributed by atoms with E-state index in [0.29, 0.717) is 30.3 Å². The first-order valence-corrected chi connectivity index (χ1v) is 7.30. The van der Waals surface area contributed by atoms with Crippen molar-refractivity contribution in [2.75, 3.05) is 19.7 Å². The van der Waals surface area contributed by atoms with E-state index in [1.807, 2.05) is 0 Å². The Balaban J connectivity index is 1.75. The van der Waals surface area contributed by atoms with Gasteiger partial charge in [-0.15, -0.1) is 0 Å². The van der Waals surface area contributed by atoms with Gasteiger partial charge in [0.25, 0.3) is 5.91 Å². The topological polar surface area (TPSA) is 66.8 Å². The summed E-state index contributed by atoms with van der Waals surface area (Å²) in [5.74, 6) is -0.0226. The molecule has 1 amide bonds. The number of benzene rings is 1. The Kier molecular flexibility index (Phi) is 5.44. The third-order valence-corrected chi connectivity index (χ3v) is 3.80. The molecule has 1 fully saturated rings. The van der Waals surface area contributed by atoms with E-state index < -0.39 is 5.97 Å². The number of halogens is 1. The lowest BCUT2D eigenvalue weighted by Crippen LogP contribution is -2.33. The van der Waals surface area contributed by atoms with Crippen molar-refractivity contribution in [3.8, 4) is 5.75 Å². The van der Waals surface area contributed by atoms with E-state index >= 15 is 0 Å². The van der Waals surface area contributed by atoms with Crippen LogP contribution in [0.3, 0.4) is 0 Å². The standard InChI is InChI=1S/C15H18ClNO4/c16-12-2-1-3-13(8-12)21-10-14(18)17-7-6-11(9-17)4-5-15(19)20/h1-3,8,11H,4-7,9-10H2,(H,19,20). The van der Waals surface area contributed by atoms with Gasteiger partial charge in [0, 0.05) is 24.5 Å². The van der Waals surface area contributed by atoms with Crippen LogP contribution in [0.25, 0.3) is 0 Å². The third-order valence-electron chi connectivity index (χ3n) is 3.56. The first-order valence-electron chi connectivity index (χ1n) is 6.92. The van der Waals surface area contributed by atoms with E-state index in [1.165, 1.54) is 0 Å². The first-order chi connectivity index (χ1) is 10.0. The molecule has 5 nitrogen and oxygen atoms in total. The average molecular weight is 312 g/mol. The number of rotatable bonds is 6. The van der Waals surface area contributed by atoms with E-state index in [0.717, 1.165) is 6.42 Å². The molecule has 0 aromatic heterocycles. The van der Waals surface area contributed by atoms with Crippen molar-refractivity contribution in [2.24, 2.45) is 5.92 Å². The highest BCUT2D eigenvalue weighted by Crippen LogP contribution is 2.22. The zero-order valence-electron chi connectivity index (χ0n) is 11.6. The number of amides is 1. The summed E-state index contributed by atoms with van der Waals surface area (Å²) in [6.07, 6.45) is 1.64. The highest BCUT2D eigenvalue weighted by atomic mass is 35.5. The van der Waals surface area contributed by atoms with Gasteiger partial charge in [-0.05, 0) is 37.0 Å². The number of hydrogen-bond donors (Lipinski definition) is 1. The van der Waals surface area contributed by atoms with Gasteiger partial charge in [0.15, 0.2) is 6.61 Å². The number of carbonyl (C=O) groups excluding carboxylic acids is 1. The molecule has 21 heavy (non-hydrogen) atoms. The van der Waals surface area contributed by atoms with Gasteiger partial charge in [-0.1, -0.05) is 17.7 Å². The summed E-state index contributed by atoms with van der Waals surface area (Å²) in [5, 5.41) is 9.23. The molecule has 2 rings (SSSR count). The smallest absolute Gasteiger partial charge is 0.303 e. The van der Waals surface area contributed by atoms with Gasteiger partial charge in [-0.3, -0.25) is 9.59 Å². The average Bonchev–Trinajstić information content (AvgIpc) is 2.91. The molecule has 1 aliphatic heterocycles. The number of carboxylic acids is 1. The van der Waals surface area contributed by atoms with Gasteiger partial charge in [0.1, 0.15) is 5.75 Å². The molecule has 0 saturated carbocycles. The molecule has 6 heteroatoms. The fraction of sp³-hybridized carbons (Fsp3) is 0.467. The van der Waals surface area contributed by atoms with Crippen molar-refractivity contribution < 1.29 is 19.4 Å². The molecule has 1 N–H and O–H groups in total. The summed E-state index contributed by atoms with van der Waals surface area (Å²) in [6.45, 7) is 1.26. The lowest BCUT2D eigenvalue weighted by molar-refractivity contribution is -0.137. The van der Waals surface area contributed by atoms with Crippen molar-refractivity contribution in [1.29, 1.82) is 0 Å². The molecular formula is C15H18ClNO4. The number of carbonyl (C=O) groups is 2. The molecule has 0 radical (unpaired) electrons. The molecule has 114 valence electrons. The molecule has 1 aromatic rings. The molecule has 1 atom stereocenters. The summed E-state index contributed by atoms with van der Waals surface area (Å²) < 4.78 is 5.42. The minimum Gasteiger partial charge on any atom is -0.484 e. The van der Waals surface area contributed by atoms with Gasteiger partial charge in [0.05, 0.1) is 0 Å². The van der Waals surface area contributed by atoms with Gasteiger partial charge >= 0.3 is 5.97 Å². The molecule has 1 aromatic carbocycles. The zero-order chi connectivity index (χ0) is 15.2. The van der Waals surface area contributed by atoms with Crippen LogP contribution in [0, 0.1) is 5.92 Å². The number of hydrogen-bond acceptors (Lipinski definition) is 3. The van der Waals surface area contributed by atoms with Gasteiger partial charge in [0.2, 0.25) is 0 Å². The minimum absolute atomic E-state index is 0.0218. The van der Waals surface area contributed by atoms with Crippen molar-refractivity contribution >= 4 is 23.5 Å². The number of carboxylic acid groups (broad SMARTS) is 1. The zero-order valence-corrected chi connectivity index (χ0v) is 12.4. The first kappa shape index (κ1) is 15.6. The van der Waals surface area contributed by atoms with Crippen LogP contribution in [0.4, 0.5) is 0 Å². The Labute approximate surface area is 128 Å². The quantitative estimate of drug-likeness (QED) is 0.876. The molecule has 1 unspecified atom stereocenters. The second-order valence-corrected chi connectivity index (χ2v) is 5.61. The van der Waals surface area contributed by atoms with Crippen LogP contribution in [0.1, 0.15) is 19.3 Å². The minimum atomic E-state index is -0.788. The summed E-state index contributed by atoms with van der Waals surface area (Å²) in [5.41, 5.74) is 0. The molecule has 1 heterocycles. The van der Waals surface area contributed by atoms with E-state index in [1.54, 1.807) is 29.2 Å². The predicted molar refractivity (Wildman–Crippen MR) is 78.5 cm³/mol. The van der Waals surface area contributed by atoms with E-state index in [-0.39, 0.29) is 24.9 Å². The van der Waals surface area contributed by atoms with E-state index in [2.05, 4.69) is 0 Å². The predicted octanol–water partition coefficient (Wildman–Crippen LogP) is 2.43. The van der Waals surface area contributed by atoms with E-state index in [9.17, 15) is 9.59 Å². The Morgan fingerprint density at radius 2 is 2.24 bits per heavy atom. The Morgan fingerprint density at radius 3 is 2.95 bits per heavy atom. The van der Waals surface area contributed by atoms with Crippen LogP contribution < -0.4 is 4.74 Å². The molecular weight excluding hydrogens is 294 g/mol. The lowest BCUT2D eigenvalue weighted by Gasteiger charge is -2.16. The van der Waals surface area contributed by atoms with Crippen LogP contribution >= 0.6 is 11.6 Å². The summed E-state index contributed by atoms with van der Waals surface area (Å²) in [7, 11) is 0. The van der Waals surface area contributed by atoms with Gasteiger partial charge < -0.3 is 14.7 Å². The summed E-state index contributed by atoms with van der Waals surface area (Å²) in [4.78, 5) is 24.3. The second-order valence-electron chi connectivity index (χ2n) is 5.17. The maximum Gasteiger partial charge on any atom is 0.303 e. The highest BCUT2D eigenvalue weighted by molar-refractivity contribution is 6.30. The SMILES string of the molecule is O=C(O)CCC1CCN(C(=O)COc2cccc(Cl)c2)C1. The molecule has 0 spiro atoms. The van der Waals surface area contributed by atoms with Crippen LogP contribution in [-0.2, 0) is 9.59 Å². The molecule has 1 saturated heterocycles. The van der Waals surface area contributed by atoms with Crippen LogP contribution in [0.5, 0.6) is 5.75 Å². The van der Waals surface area contributed by atoms with Crippen molar-refractivity contribution in [2.45, 2.75) is 19.3 Å². The summed E-state index contributed by atoms with van der Waals surface area (Å²) >= 11 is 5.84. The fourth-order valence-corrected chi connectivity index (χ4v) is 2.60. The molecule has 0 bridgehead atoms. The van der Waals surface area contributed by atoms with Crippen molar-refractivity contribution in [3.05, 3.63) is 29.3 Å². The van der Waals surface area contributed by atoms with Crippen molar-refractivity contribution in [1.82, 2.24) is 4.90 Å². The number of likely N-dealkylation sites (tertiary alicyclic amines) is 1. The maximum atomic E-state index is 12.0. The van der Waals surface area contributed by atoms with Gasteiger partial charge in [-0.2, -0.15) is 0 Å². The van der Waals surface area contributed by atoms with E-state index in [4.69, 9.17) is 21.4 Å². The fourth-order valence-electron chi connectivity index (χ4n) is 2.42. The summed E-state index contributed by atoms with van der Waals surface area (Å²) in [6, 6.07) is 6.91. The number of nitrogens with zero attached hydrogens (tertiary/aromatic N) is 1. The second kappa shape index (κ2) is 7.31.